The van der Waals surface area contributed by atoms with Crippen molar-refractivity contribution in [2.45, 2.75) is 24.3 Å². The van der Waals surface area contributed by atoms with Gasteiger partial charge in [-0.25, -0.2) is 22.2 Å². The van der Waals surface area contributed by atoms with Crippen LogP contribution in [0, 0.1) is 5.82 Å². The Balaban J connectivity index is 1.25. The molecule has 1 aliphatic rings. The Morgan fingerprint density at radius 1 is 1.15 bits per heavy atom. The van der Waals surface area contributed by atoms with E-state index in [4.69, 9.17) is 9.47 Å². The topological polar surface area (TPSA) is 82.5 Å². The molecule has 0 amide bonds. The second-order valence-corrected chi connectivity index (χ2v) is 9.67. The largest absolute Gasteiger partial charge is 0.493 e. The van der Waals surface area contributed by atoms with Crippen LogP contribution in [0.5, 0.6) is 11.5 Å². The number of sulfonamides is 1. The van der Waals surface area contributed by atoms with E-state index in [9.17, 15) is 12.8 Å². The molecule has 0 aliphatic carbocycles. The highest BCUT2D eigenvalue weighted by Gasteiger charge is 2.21. The summed E-state index contributed by atoms with van der Waals surface area (Å²) in [6, 6.07) is 16.0. The molecule has 1 aromatic heterocycles. The average molecular weight is 468 g/mol. The third kappa shape index (κ3) is 4.42. The lowest BCUT2D eigenvalue weighted by Gasteiger charge is -2.16. The number of hydrogen-bond donors (Lipinski definition) is 1. The number of nitrogens with one attached hydrogen (secondary N) is 1. The smallest absolute Gasteiger partial charge is 0.240 e. The predicted octanol–water partition coefficient (Wildman–Crippen LogP) is 3.85. The van der Waals surface area contributed by atoms with Gasteiger partial charge >= 0.3 is 0 Å². The highest BCUT2D eigenvalue weighted by atomic mass is 32.2. The van der Waals surface area contributed by atoms with Crippen LogP contribution in [0.4, 0.5) is 4.39 Å². The lowest BCUT2D eigenvalue weighted by molar-refractivity contribution is 0.288. The first-order chi connectivity index (χ1) is 15.9. The van der Waals surface area contributed by atoms with Gasteiger partial charge in [0, 0.05) is 11.8 Å². The van der Waals surface area contributed by atoms with Gasteiger partial charge in [-0.3, -0.25) is 0 Å². The van der Waals surface area contributed by atoms with Crippen molar-refractivity contribution < 1.29 is 22.3 Å². The zero-order valence-electron chi connectivity index (χ0n) is 17.9. The van der Waals surface area contributed by atoms with Crippen LogP contribution in [0.15, 0.2) is 71.8 Å². The molecule has 33 heavy (non-hydrogen) atoms. The van der Waals surface area contributed by atoms with Crippen LogP contribution in [-0.4, -0.2) is 37.5 Å². The van der Waals surface area contributed by atoms with Gasteiger partial charge in [-0.1, -0.05) is 0 Å². The van der Waals surface area contributed by atoms with E-state index in [1.165, 1.54) is 12.1 Å². The van der Waals surface area contributed by atoms with Gasteiger partial charge in [-0.2, -0.15) is 5.10 Å². The van der Waals surface area contributed by atoms with Gasteiger partial charge < -0.3 is 9.47 Å². The summed E-state index contributed by atoms with van der Waals surface area (Å²) in [7, 11) is -3.68. The minimum absolute atomic E-state index is 0.158. The van der Waals surface area contributed by atoms with Gasteiger partial charge in [-0.05, 0) is 73.2 Å². The fourth-order valence-corrected chi connectivity index (χ4v) is 5.09. The van der Waals surface area contributed by atoms with E-state index >= 15 is 0 Å². The van der Waals surface area contributed by atoms with Crippen molar-refractivity contribution in [3.8, 4) is 17.2 Å². The van der Waals surface area contributed by atoms with Crippen LogP contribution >= 0.6 is 0 Å². The molecule has 0 fully saturated rings. The van der Waals surface area contributed by atoms with Gasteiger partial charge in [-0.15, -0.1) is 0 Å². The molecule has 1 atom stereocenters. The molecule has 170 valence electrons. The van der Waals surface area contributed by atoms with E-state index in [0.717, 1.165) is 27.9 Å². The molecular weight excluding hydrogens is 445 g/mol. The van der Waals surface area contributed by atoms with E-state index in [-0.39, 0.29) is 17.3 Å². The Morgan fingerprint density at radius 2 is 1.97 bits per heavy atom. The molecule has 1 N–H and O–H groups in total. The number of aromatic nitrogens is 2. The van der Waals surface area contributed by atoms with Crippen LogP contribution in [0.3, 0.4) is 0 Å². The minimum atomic E-state index is -3.68. The minimum Gasteiger partial charge on any atom is -0.493 e. The number of ether oxygens (including phenoxy) is 2. The predicted molar refractivity (Wildman–Crippen MR) is 122 cm³/mol. The second kappa shape index (κ2) is 8.49. The monoisotopic (exact) mass is 467 g/mol. The quantitative estimate of drug-likeness (QED) is 0.447. The van der Waals surface area contributed by atoms with Crippen LogP contribution in [0.1, 0.15) is 12.5 Å². The maximum absolute atomic E-state index is 13.2. The molecule has 4 aromatic rings. The van der Waals surface area contributed by atoms with Gasteiger partial charge in [0.25, 0.3) is 0 Å². The molecule has 7 nitrogen and oxygen atoms in total. The highest BCUT2D eigenvalue weighted by Crippen LogP contribution is 2.28. The van der Waals surface area contributed by atoms with Gasteiger partial charge in [0.15, 0.2) is 0 Å². The zero-order valence-corrected chi connectivity index (χ0v) is 18.7. The lowest BCUT2D eigenvalue weighted by Crippen LogP contribution is -2.36. The Hall–Kier alpha value is -3.43. The van der Waals surface area contributed by atoms with Crippen molar-refractivity contribution in [1.29, 1.82) is 0 Å². The summed E-state index contributed by atoms with van der Waals surface area (Å²) in [5, 5.41) is 5.23. The number of rotatable bonds is 7. The maximum atomic E-state index is 13.2. The standard InChI is InChI=1S/C24H22FN3O4S/c1-16(27-33(29,30)22-7-9-24-17(13-22)10-11-31-24)15-32-21-6-8-23-18(12-21)14-26-28(23)20-4-2-19(25)3-5-20/h2-9,12-14,16,27H,10-11,15H2,1H3/t16-/m0/s1. The number of hydrogen-bond acceptors (Lipinski definition) is 5. The number of nitrogens with zero attached hydrogens (tertiary/aromatic N) is 2. The lowest BCUT2D eigenvalue weighted by atomic mass is 10.2. The Bertz CT molecular complexity index is 1420. The van der Waals surface area contributed by atoms with Gasteiger partial charge in [0.2, 0.25) is 10.0 Å². The summed E-state index contributed by atoms with van der Waals surface area (Å²) in [5.74, 6) is 1.03. The van der Waals surface area contributed by atoms with E-state index in [2.05, 4.69) is 9.82 Å². The van der Waals surface area contributed by atoms with Crippen molar-refractivity contribution in [2.75, 3.05) is 13.2 Å². The van der Waals surface area contributed by atoms with Crippen molar-refractivity contribution in [3.63, 3.8) is 0 Å². The molecule has 3 aromatic carbocycles. The number of halogens is 1. The normalized spacial score (nSPS) is 14.1. The Morgan fingerprint density at radius 3 is 2.79 bits per heavy atom. The van der Waals surface area contributed by atoms with Crippen molar-refractivity contribution >= 4 is 20.9 Å². The first-order valence-corrected chi connectivity index (χ1v) is 12.0. The third-order valence-electron chi connectivity index (χ3n) is 5.44. The first-order valence-electron chi connectivity index (χ1n) is 10.5. The SMILES string of the molecule is C[C@@H](COc1ccc2c(cnn2-c2ccc(F)cc2)c1)NS(=O)(=O)c1ccc2c(c1)CCO2. The van der Waals surface area contributed by atoms with Crippen molar-refractivity contribution in [3.05, 3.63) is 78.2 Å². The summed E-state index contributed by atoms with van der Waals surface area (Å²) in [6.45, 7) is 2.48. The first kappa shape index (κ1) is 21.4. The molecule has 2 heterocycles. The molecular formula is C24H22FN3O4S. The average Bonchev–Trinajstić information content (AvgIpc) is 3.44. The Kier molecular flexibility index (Phi) is 5.51. The molecule has 5 rings (SSSR count). The van der Waals surface area contributed by atoms with Crippen molar-refractivity contribution in [1.82, 2.24) is 14.5 Å². The molecule has 0 saturated heterocycles. The summed E-state index contributed by atoms with van der Waals surface area (Å²) in [4.78, 5) is 0.216. The second-order valence-electron chi connectivity index (χ2n) is 7.95. The molecule has 0 radical (unpaired) electrons. The van der Waals surface area contributed by atoms with Crippen LogP contribution in [-0.2, 0) is 16.4 Å². The third-order valence-corrected chi connectivity index (χ3v) is 7.03. The van der Waals surface area contributed by atoms with Crippen molar-refractivity contribution in [2.24, 2.45) is 0 Å². The number of benzene rings is 3. The van der Waals surface area contributed by atoms with Gasteiger partial charge in [0.1, 0.15) is 23.9 Å². The van der Waals surface area contributed by atoms with Crippen LogP contribution < -0.4 is 14.2 Å². The summed E-state index contributed by atoms with van der Waals surface area (Å²) >= 11 is 0. The summed E-state index contributed by atoms with van der Waals surface area (Å²) in [6.07, 6.45) is 2.41. The fraction of sp³-hybridized carbons (Fsp3) is 0.208. The molecule has 9 heteroatoms. The van der Waals surface area contributed by atoms with Crippen LogP contribution in [0.2, 0.25) is 0 Å². The molecule has 1 aliphatic heterocycles. The Labute approximate surface area is 190 Å². The molecule has 0 saturated carbocycles. The van der Waals surface area contributed by atoms with Gasteiger partial charge in [0.05, 0.1) is 34.9 Å². The molecule has 0 bridgehead atoms. The fourth-order valence-electron chi connectivity index (χ4n) is 3.81. The van der Waals surface area contributed by atoms with E-state index in [1.807, 2.05) is 12.1 Å². The molecule has 0 spiro atoms. The van der Waals surface area contributed by atoms with Crippen LogP contribution in [0.25, 0.3) is 16.6 Å². The summed E-state index contributed by atoms with van der Waals surface area (Å²) < 4.78 is 54.3. The molecule has 0 unspecified atom stereocenters. The zero-order chi connectivity index (χ0) is 23.0. The number of fused-ring (bicyclic) bond motifs is 2. The maximum Gasteiger partial charge on any atom is 0.240 e. The summed E-state index contributed by atoms with van der Waals surface area (Å²) in [5.41, 5.74) is 2.50. The van der Waals surface area contributed by atoms with E-state index < -0.39 is 16.1 Å². The highest BCUT2D eigenvalue weighted by molar-refractivity contribution is 7.89. The van der Waals surface area contributed by atoms with E-state index in [0.29, 0.717) is 18.8 Å². The van der Waals surface area contributed by atoms with E-state index in [1.54, 1.807) is 54.2 Å².